The van der Waals surface area contributed by atoms with E-state index in [1.807, 2.05) is 0 Å². The van der Waals surface area contributed by atoms with Crippen molar-refractivity contribution in [3.05, 3.63) is 0 Å². The lowest BCUT2D eigenvalue weighted by molar-refractivity contribution is 0.159. The second-order valence-corrected chi connectivity index (χ2v) is 6.34. The Hall–Kier alpha value is -0.383. The summed E-state index contributed by atoms with van der Waals surface area (Å²) in [7, 11) is -2.25. The standard InChI is InChI=1S/C14H30O3Si/c1-5-13(3)9-7-11-16-18(15)17-12-8-10-14(4)6-2/h13-14H,5-12H2,1-4H3. The minimum Gasteiger partial charge on any atom is -0.496 e. The quantitative estimate of drug-likeness (QED) is 0.397. The Balaban J connectivity index is 3.33. The van der Waals surface area contributed by atoms with E-state index in [1.165, 1.54) is 12.8 Å². The van der Waals surface area contributed by atoms with E-state index < -0.39 is 9.17 Å². The molecule has 3 nitrogen and oxygen atoms in total. The Morgan fingerprint density at radius 2 is 1.28 bits per heavy atom. The number of hydrogen-bond donors (Lipinski definition) is 0. The smallest absolute Gasteiger partial charge is 0.496 e. The van der Waals surface area contributed by atoms with Gasteiger partial charge in [-0.05, 0) is 37.5 Å². The molecule has 0 aromatic rings. The molecule has 0 heterocycles. The van der Waals surface area contributed by atoms with Crippen molar-refractivity contribution in [1.82, 2.24) is 0 Å². The van der Waals surface area contributed by atoms with E-state index in [1.54, 1.807) is 0 Å². The Kier molecular flexibility index (Phi) is 11.4. The first-order valence-electron chi connectivity index (χ1n) is 7.39. The molecule has 0 aliphatic heterocycles. The first kappa shape index (κ1) is 17.6. The normalized spacial score (nSPS) is 14.0. The molecule has 0 saturated carbocycles. The third-order valence-corrected chi connectivity index (χ3v) is 4.40. The molecule has 0 radical (unpaired) electrons. The minimum absolute atomic E-state index is 0.563. The molecular weight excluding hydrogens is 244 g/mol. The SMILES string of the molecule is CCC(C)CCCO[Si](=O)OCCCC(C)CC. The van der Waals surface area contributed by atoms with Gasteiger partial charge in [-0.2, -0.15) is 0 Å². The fraction of sp³-hybridized carbons (Fsp3) is 1.00. The van der Waals surface area contributed by atoms with Crippen molar-refractivity contribution in [2.75, 3.05) is 13.2 Å². The van der Waals surface area contributed by atoms with Crippen LogP contribution in [0.4, 0.5) is 0 Å². The average molecular weight is 274 g/mol. The van der Waals surface area contributed by atoms with E-state index in [0.717, 1.165) is 37.5 Å². The summed E-state index contributed by atoms with van der Waals surface area (Å²) >= 11 is 0. The highest BCUT2D eigenvalue weighted by Crippen LogP contribution is 2.10. The van der Waals surface area contributed by atoms with E-state index in [0.29, 0.717) is 13.2 Å². The number of hydrogen-bond acceptors (Lipinski definition) is 3. The molecule has 0 aliphatic rings. The van der Waals surface area contributed by atoms with Gasteiger partial charge in [-0.25, -0.2) is 0 Å². The topological polar surface area (TPSA) is 35.5 Å². The Bertz CT molecular complexity index is 189. The summed E-state index contributed by atoms with van der Waals surface area (Å²) in [5.74, 6) is 1.46. The molecule has 0 aromatic carbocycles. The van der Waals surface area contributed by atoms with Gasteiger partial charge >= 0.3 is 9.17 Å². The molecule has 0 saturated heterocycles. The Morgan fingerprint density at radius 3 is 1.61 bits per heavy atom. The van der Waals surface area contributed by atoms with Crippen LogP contribution in [0.5, 0.6) is 0 Å². The summed E-state index contributed by atoms with van der Waals surface area (Å²) < 4.78 is 21.8. The van der Waals surface area contributed by atoms with Crippen LogP contribution in [-0.4, -0.2) is 22.4 Å². The lowest BCUT2D eigenvalue weighted by atomic mass is 10.0. The first-order chi connectivity index (χ1) is 8.60. The van der Waals surface area contributed by atoms with Gasteiger partial charge in [0.25, 0.3) is 0 Å². The molecule has 4 heteroatoms. The van der Waals surface area contributed by atoms with Gasteiger partial charge in [-0.15, -0.1) is 0 Å². The van der Waals surface area contributed by atoms with Gasteiger partial charge in [0.15, 0.2) is 0 Å². The molecule has 0 aromatic heterocycles. The molecule has 0 spiro atoms. The van der Waals surface area contributed by atoms with Gasteiger partial charge in [0.1, 0.15) is 0 Å². The molecule has 18 heavy (non-hydrogen) atoms. The molecule has 2 unspecified atom stereocenters. The Morgan fingerprint density at radius 1 is 0.889 bits per heavy atom. The van der Waals surface area contributed by atoms with Crippen LogP contribution in [-0.2, 0) is 13.3 Å². The zero-order chi connectivity index (χ0) is 13.8. The summed E-state index contributed by atoms with van der Waals surface area (Å²) in [5, 5.41) is 0. The Labute approximate surface area is 114 Å². The predicted octanol–water partition coefficient (Wildman–Crippen LogP) is 4.09. The van der Waals surface area contributed by atoms with Crippen LogP contribution in [0.25, 0.3) is 0 Å². The molecule has 0 aliphatic carbocycles. The van der Waals surface area contributed by atoms with E-state index in [-0.39, 0.29) is 0 Å². The third kappa shape index (κ3) is 10.8. The van der Waals surface area contributed by atoms with Crippen LogP contribution in [0.1, 0.15) is 66.2 Å². The van der Waals surface area contributed by atoms with Crippen LogP contribution in [0, 0.1) is 11.8 Å². The summed E-state index contributed by atoms with van der Waals surface area (Å²) in [4.78, 5) is 0. The molecule has 0 bridgehead atoms. The fourth-order valence-corrected chi connectivity index (χ4v) is 2.33. The highest BCUT2D eigenvalue weighted by Gasteiger charge is 2.10. The van der Waals surface area contributed by atoms with Crippen LogP contribution >= 0.6 is 0 Å². The third-order valence-electron chi connectivity index (χ3n) is 3.52. The summed E-state index contributed by atoms with van der Waals surface area (Å²) in [6.07, 6.45) is 6.62. The van der Waals surface area contributed by atoms with E-state index in [9.17, 15) is 4.46 Å². The van der Waals surface area contributed by atoms with Crippen LogP contribution in [0.3, 0.4) is 0 Å². The number of rotatable bonds is 12. The summed E-state index contributed by atoms with van der Waals surface area (Å²) in [5.41, 5.74) is 0. The van der Waals surface area contributed by atoms with E-state index >= 15 is 0 Å². The molecule has 0 amide bonds. The summed E-state index contributed by atoms with van der Waals surface area (Å²) in [6, 6.07) is 0. The summed E-state index contributed by atoms with van der Waals surface area (Å²) in [6.45, 7) is 9.97. The molecule has 0 fully saturated rings. The molecule has 0 rings (SSSR count). The van der Waals surface area contributed by atoms with Crippen molar-refractivity contribution in [3.8, 4) is 0 Å². The molecule has 0 N–H and O–H groups in total. The maximum atomic E-state index is 11.4. The maximum Gasteiger partial charge on any atom is 0.767 e. The second kappa shape index (κ2) is 11.7. The highest BCUT2D eigenvalue weighted by molar-refractivity contribution is 6.26. The minimum atomic E-state index is -2.25. The van der Waals surface area contributed by atoms with Gasteiger partial charge in [-0.3, -0.25) is 4.46 Å². The fourth-order valence-electron chi connectivity index (χ4n) is 1.62. The van der Waals surface area contributed by atoms with Crippen molar-refractivity contribution >= 4 is 9.17 Å². The van der Waals surface area contributed by atoms with Gasteiger partial charge in [0.2, 0.25) is 0 Å². The van der Waals surface area contributed by atoms with Crippen molar-refractivity contribution in [3.63, 3.8) is 0 Å². The zero-order valence-electron chi connectivity index (χ0n) is 12.5. The van der Waals surface area contributed by atoms with Crippen molar-refractivity contribution in [1.29, 1.82) is 0 Å². The lowest BCUT2D eigenvalue weighted by Crippen LogP contribution is -2.14. The molecule has 108 valence electrons. The van der Waals surface area contributed by atoms with Crippen LogP contribution in [0.2, 0.25) is 0 Å². The predicted molar refractivity (Wildman–Crippen MR) is 75.7 cm³/mol. The van der Waals surface area contributed by atoms with Crippen molar-refractivity contribution in [2.45, 2.75) is 66.2 Å². The lowest BCUT2D eigenvalue weighted by Gasteiger charge is -2.10. The van der Waals surface area contributed by atoms with Gasteiger partial charge < -0.3 is 8.85 Å². The molecular formula is C14H30O3Si. The van der Waals surface area contributed by atoms with Gasteiger partial charge in [0.05, 0.1) is 13.2 Å². The monoisotopic (exact) mass is 274 g/mol. The zero-order valence-corrected chi connectivity index (χ0v) is 13.5. The maximum absolute atomic E-state index is 11.4. The van der Waals surface area contributed by atoms with E-state index in [4.69, 9.17) is 8.85 Å². The largest absolute Gasteiger partial charge is 0.767 e. The van der Waals surface area contributed by atoms with Crippen molar-refractivity contribution < 1.29 is 13.3 Å². The van der Waals surface area contributed by atoms with E-state index in [2.05, 4.69) is 27.7 Å². The highest BCUT2D eigenvalue weighted by atomic mass is 28.3. The average Bonchev–Trinajstić information content (AvgIpc) is 2.38. The van der Waals surface area contributed by atoms with Gasteiger partial charge in [-0.1, -0.05) is 40.5 Å². The van der Waals surface area contributed by atoms with Crippen molar-refractivity contribution in [2.24, 2.45) is 11.8 Å². The first-order valence-corrected chi connectivity index (χ1v) is 8.62. The van der Waals surface area contributed by atoms with Crippen LogP contribution < -0.4 is 0 Å². The van der Waals surface area contributed by atoms with Gasteiger partial charge in [0, 0.05) is 0 Å². The van der Waals surface area contributed by atoms with Crippen LogP contribution in [0.15, 0.2) is 0 Å². The molecule has 2 atom stereocenters. The second-order valence-electron chi connectivity index (χ2n) is 5.26.